The maximum Gasteiger partial charge on any atom is 0.241 e. The summed E-state index contributed by atoms with van der Waals surface area (Å²) in [4.78, 5) is 11.9. The van der Waals surface area contributed by atoms with Crippen molar-refractivity contribution in [2.24, 2.45) is 0 Å². The van der Waals surface area contributed by atoms with E-state index >= 15 is 0 Å². The highest BCUT2D eigenvalue weighted by atomic mass is 32.2. The Hall–Kier alpha value is -1.60. The minimum atomic E-state index is -3.71. The van der Waals surface area contributed by atoms with Crippen LogP contribution in [0.4, 0.5) is 0 Å². The fourth-order valence-electron chi connectivity index (χ4n) is 2.19. The van der Waals surface area contributed by atoms with Gasteiger partial charge in [0.25, 0.3) is 0 Å². The second-order valence-electron chi connectivity index (χ2n) is 4.87. The highest BCUT2D eigenvalue weighted by Gasteiger charge is 2.26. The standard InChI is InChI=1S/C14H20N2O4S/c1-2-20-11-6-8-12(9-7-11)21(18,19)16-13-5-3-4-10-15-14(13)17/h6-9,13,16H,2-5,10H2,1H3,(H,15,17)/t13-/m0/s1. The number of nitrogens with one attached hydrogen (secondary N) is 2. The minimum Gasteiger partial charge on any atom is -0.494 e. The molecule has 0 spiro atoms. The van der Waals surface area contributed by atoms with Crippen LogP contribution in [0.25, 0.3) is 0 Å². The maximum absolute atomic E-state index is 12.3. The van der Waals surface area contributed by atoms with E-state index in [-0.39, 0.29) is 10.8 Å². The van der Waals surface area contributed by atoms with E-state index in [4.69, 9.17) is 4.74 Å². The van der Waals surface area contributed by atoms with Gasteiger partial charge in [0.1, 0.15) is 11.8 Å². The van der Waals surface area contributed by atoms with Gasteiger partial charge >= 0.3 is 0 Å². The number of benzene rings is 1. The highest BCUT2D eigenvalue weighted by Crippen LogP contribution is 2.17. The number of hydrogen-bond donors (Lipinski definition) is 2. The van der Waals surface area contributed by atoms with Gasteiger partial charge in [0.15, 0.2) is 0 Å². The summed E-state index contributed by atoms with van der Waals surface area (Å²) in [5, 5.41) is 2.71. The number of rotatable bonds is 5. The molecule has 1 heterocycles. The molecule has 21 heavy (non-hydrogen) atoms. The van der Waals surface area contributed by atoms with E-state index in [9.17, 15) is 13.2 Å². The number of amides is 1. The number of ether oxygens (including phenoxy) is 1. The third kappa shape index (κ3) is 4.18. The van der Waals surface area contributed by atoms with E-state index in [0.717, 1.165) is 12.8 Å². The van der Waals surface area contributed by atoms with Crippen molar-refractivity contribution < 1.29 is 17.9 Å². The Balaban J connectivity index is 2.11. The summed E-state index contributed by atoms with van der Waals surface area (Å²) in [5.74, 6) is 0.352. The molecular formula is C14H20N2O4S. The Morgan fingerprint density at radius 3 is 2.67 bits per heavy atom. The zero-order valence-corrected chi connectivity index (χ0v) is 12.8. The zero-order chi connectivity index (χ0) is 15.3. The first kappa shape index (κ1) is 15.8. The van der Waals surface area contributed by atoms with Gasteiger partial charge in [-0.2, -0.15) is 4.72 Å². The molecule has 1 atom stereocenters. The monoisotopic (exact) mass is 312 g/mol. The van der Waals surface area contributed by atoms with Gasteiger partial charge in [0.2, 0.25) is 15.9 Å². The lowest BCUT2D eigenvalue weighted by Gasteiger charge is -2.15. The average molecular weight is 312 g/mol. The SMILES string of the molecule is CCOc1ccc(S(=O)(=O)N[C@H]2CCCCNC2=O)cc1. The van der Waals surface area contributed by atoms with Crippen LogP contribution in [-0.4, -0.2) is 33.5 Å². The molecule has 1 aromatic carbocycles. The molecule has 2 N–H and O–H groups in total. The van der Waals surface area contributed by atoms with Crippen molar-refractivity contribution >= 4 is 15.9 Å². The van der Waals surface area contributed by atoms with E-state index < -0.39 is 16.1 Å². The van der Waals surface area contributed by atoms with Crippen LogP contribution in [0.15, 0.2) is 29.2 Å². The van der Waals surface area contributed by atoms with Crippen molar-refractivity contribution in [2.75, 3.05) is 13.2 Å². The minimum absolute atomic E-state index is 0.128. The number of carbonyl (C=O) groups excluding carboxylic acids is 1. The summed E-state index contributed by atoms with van der Waals surface area (Å²) in [6.07, 6.45) is 2.20. The molecule has 116 valence electrons. The Bertz CT molecular complexity index is 583. The predicted molar refractivity (Wildman–Crippen MR) is 78.6 cm³/mol. The molecule has 6 nitrogen and oxygen atoms in total. The molecule has 7 heteroatoms. The molecule has 2 rings (SSSR count). The topological polar surface area (TPSA) is 84.5 Å². The molecular weight excluding hydrogens is 292 g/mol. The molecule has 0 aromatic heterocycles. The zero-order valence-electron chi connectivity index (χ0n) is 12.0. The Kier molecular flexibility index (Phi) is 5.19. The van der Waals surface area contributed by atoms with Crippen LogP contribution in [0.1, 0.15) is 26.2 Å². The third-order valence-electron chi connectivity index (χ3n) is 3.28. The van der Waals surface area contributed by atoms with Crippen molar-refractivity contribution in [1.29, 1.82) is 0 Å². The largest absolute Gasteiger partial charge is 0.494 e. The third-order valence-corrected chi connectivity index (χ3v) is 4.77. The second-order valence-corrected chi connectivity index (χ2v) is 6.58. The summed E-state index contributed by atoms with van der Waals surface area (Å²) in [5.41, 5.74) is 0. The van der Waals surface area contributed by atoms with Gasteiger partial charge < -0.3 is 10.1 Å². The van der Waals surface area contributed by atoms with E-state index in [1.807, 2.05) is 6.92 Å². The van der Waals surface area contributed by atoms with Gasteiger partial charge in [-0.25, -0.2) is 8.42 Å². The van der Waals surface area contributed by atoms with Crippen molar-refractivity contribution in [3.63, 3.8) is 0 Å². The Morgan fingerprint density at radius 2 is 2.00 bits per heavy atom. The van der Waals surface area contributed by atoms with Crippen LogP contribution in [-0.2, 0) is 14.8 Å². The predicted octanol–water partition coefficient (Wildman–Crippen LogP) is 1.03. The molecule has 1 aliphatic heterocycles. The molecule has 0 aliphatic carbocycles. The first-order chi connectivity index (χ1) is 10.0. The molecule has 0 saturated carbocycles. The quantitative estimate of drug-likeness (QED) is 0.850. The van der Waals surface area contributed by atoms with E-state index in [1.165, 1.54) is 12.1 Å². The molecule has 1 aromatic rings. The van der Waals surface area contributed by atoms with Crippen LogP contribution in [0, 0.1) is 0 Å². The van der Waals surface area contributed by atoms with E-state index in [1.54, 1.807) is 12.1 Å². The van der Waals surface area contributed by atoms with Crippen LogP contribution in [0.2, 0.25) is 0 Å². The first-order valence-electron chi connectivity index (χ1n) is 7.06. The first-order valence-corrected chi connectivity index (χ1v) is 8.54. The number of sulfonamides is 1. The second kappa shape index (κ2) is 6.91. The molecule has 1 aliphatic rings. The summed E-state index contributed by atoms with van der Waals surface area (Å²) in [7, 11) is -3.71. The molecule has 0 unspecified atom stereocenters. The van der Waals surface area contributed by atoms with Gasteiger partial charge in [-0.3, -0.25) is 4.79 Å². The summed E-state index contributed by atoms with van der Waals surface area (Å²) >= 11 is 0. The molecule has 1 amide bonds. The smallest absolute Gasteiger partial charge is 0.241 e. The van der Waals surface area contributed by atoms with Crippen molar-refractivity contribution in [3.8, 4) is 5.75 Å². The summed E-state index contributed by atoms with van der Waals surface area (Å²) in [6, 6.07) is 5.45. The average Bonchev–Trinajstić information content (AvgIpc) is 2.65. The van der Waals surface area contributed by atoms with Gasteiger partial charge in [0.05, 0.1) is 11.5 Å². The Labute approximate surface area is 124 Å². The van der Waals surface area contributed by atoms with Gasteiger partial charge in [-0.15, -0.1) is 0 Å². The summed E-state index contributed by atoms with van der Waals surface area (Å²) < 4.78 is 32.3. The lowest BCUT2D eigenvalue weighted by Crippen LogP contribution is -2.45. The van der Waals surface area contributed by atoms with Gasteiger partial charge in [-0.1, -0.05) is 0 Å². The van der Waals surface area contributed by atoms with Gasteiger partial charge in [0, 0.05) is 6.54 Å². The number of carbonyl (C=O) groups is 1. The fraction of sp³-hybridized carbons (Fsp3) is 0.500. The van der Waals surface area contributed by atoms with E-state index in [2.05, 4.69) is 10.0 Å². The van der Waals surface area contributed by atoms with Crippen LogP contribution >= 0.6 is 0 Å². The van der Waals surface area contributed by atoms with Crippen LogP contribution in [0.5, 0.6) is 5.75 Å². The maximum atomic E-state index is 12.3. The van der Waals surface area contributed by atoms with Crippen LogP contribution < -0.4 is 14.8 Å². The van der Waals surface area contributed by atoms with Crippen molar-refractivity contribution in [1.82, 2.24) is 10.0 Å². The van der Waals surface area contributed by atoms with Crippen LogP contribution in [0.3, 0.4) is 0 Å². The molecule has 0 radical (unpaired) electrons. The Morgan fingerprint density at radius 1 is 1.29 bits per heavy atom. The highest BCUT2D eigenvalue weighted by molar-refractivity contribution is 7.89. The normalized spacial score (nSPS) is 19.7. The molecule has 1 saturated heterocycles. The fourth-order valence-corrected chi connectivity index (χ4v) is 3.42. The summed E-state index contributed by atoms with van der Waals surface area (Å²) in [6.45, 7) is 2.98. The van der Waals surface area contributed by atoms with Crippen molar-refractivity contribution in [3.05, 3.63) is 24.3 Å². The lowest BCUT2D eigenvalue weighted by molar-refractivity contribution is -0.122. The number of hydrogen-bond acceptors (Lipinski definition) is 4. The molecule has 1 fully saturated rings. The van der Waals surface area contributed by atoms with E-state index in [0.29, 0.717) is 25.3 Å². The molecule has 0 bridgehead atoms. The lowest BCUT2D eigenvalue weighted by atomic mass is 10.1. The van der Waals surface area contributed by atoms with Crippen molar-refractivity contribution in [2.45, 2.75) is 37.1 Å². The van der Waals surface area contributed by atoms with Gasteiger partial charge in [-0.05, 0) is 50.5 Å².